The lowest BCUT2D eigenvalue weighted by atomic mass is 10.1. The summed E-state index contributed by atoms with van der Waals surface area (Å²) in [5.74, 6) is 0.0382. The standard InChI is InChI=1S/C17H16F3N5O3S/c1-24-15(12-4-2-5-13(10-12)17(18,19)20)23-25(16(24)26)9-8-22-29(27,28)14-6-3-7-21-11-14/h2-7,10-11,22H,8-9H2,1H3. The number of sulfonamides is 1. The molecule has 29 heavy (non-hydrogen) atoms. The number of nitrogens with one attached hydrogen (secondary N) is 1. The summed E-state index contributed by atoms with van der Waals surface area (Å²) < 4.78 is 67.5. The molecule has 2 aromatic heterocycles. The van der Waals surface area contributed by atoms with Gasteiger partial charge in [-0.1, -0.05) is 12.1 Å². The van der Waals surface area contributed by atoms with Gasteiger partial charge in [0, 0.05) is 31.5 Å². The highest BCUT2D eigenvalue weighted by Gasteiger charge is 2.31. The highest BCUT2D eigenvalue weighted by Crippen LogP contribution is 2.31. The third kappa shape index (κ3) is 4.54. The average Bonchev–Trinajstić information content (AvgIpc) is 2.97. The Kier molecular flexibility index (Phi) is 5.57. The van der Waals surface area contributed by atoms with Crippen molar-refractivity contribution in [3.8, 4) is 11.4 Å². The second kappa shape index (κ2) is 7.79. The number of alkyl halides is 3. The maximum Gasteiger partial charge on any atom is 0.416 e. The fraction of sp³-hybridized carbons (Fsp3) is 0.235. The zero-order chi connectivity index (χ0) is 21.2. The number of aromatic nitrogens is 4. The molecule has 0 unspecified atom stereocenters. The van der Waals surface area contributed by atoms with E-state index < -0.39 is 27.5 Å². The summed E-state index contributed by atoms with van der Waals surface area (Å²) in [5.41, 5.74) is -1.33. The molecular formula is C17H16F3N5O3S. The fourth-order valence-corrected chi connectivity index (χ4v) is 3.58. The Morgan fingerprint density at radius 2 is 1.93 bits per heavy atom. The van der Waals surface area contributed by atoms with Gasteiger partial charge in [-0.15, -0.1) is 5.10 Å². The van der Waals surface area contributed by atoms with Crippen LogP contribution in [0.15, 0.2) is 58.5 Å². The lowest BCUT2D eigenvalue weighted by Gasteiger charge is -2.08. The Morgan fingerprint density at radius 3 is 2.59 bits per heavy atom. The zero-order valence-corrected chi connectivity index (χ0v) is 15.9. The van der Waals surface area contributed by atoms with E-state index in [0.29, 0.717) is 0 Å². The van der Waals surface area contributed by atoms with Gasteiger partial charge < -0.3 is 0 Å². The Labute approximate surface area is 163 Å². The Hall–Kier alpha value is -2.99. The molecule has 1 aromatic carbocycles. The van der Waals surface area contributed by atoms with Crippen molar-refractivity contribution in [1.82, 2.24) is 24.1 Å². The van der Waals surface area contributed by atoms with E-state index in [9.17, 15) is 26.4 Å². The van der Waals surface area contributed by atoms with Gasteiger partial charge in [0.25, 0.3) is 0 Å². The summed E-state index contributed by atoms with van der Waals surface area (Å²) in [4.78, 5) is 16.0. The summed E-state index contributed by atoms with van der Waals surface area (Å²) in [7, 11) is -2.43. The third-order valence-electron chi connectivity index (χ3n) is 4.05. The predicted molar refractivity (Wildman–Crippen MR) is 97.3 cm³/mol. The molecular weight excluding hydrogens is 411 g/mol. The Balaban J connectivity index is 1.79. The summed E-state index contributed by atoms with van der Waals surface area (Å²) in [6.45, 7) is -0.249. The molecule has 0 aliphatic rings. The minimum atomic E-state index is -4.53. The summed E-state index contributed by atoms with van der Waals surface area (Å²) >= 11 is 0. The first-order valence-corrected chi connectivity index (χ1v) is 9.79. The van der Waals surface area contributed by atoms with Crippen LogP contribution in [0.2, 0.25) is 0 Å². The number of halogens is 3. The minimum Gasteiger partial charge on any atom is -0.278 e. The van der Waals surface area contributed by atoms with Crippen molar-refractivity contribution in [2.45, 2.75) is 17.6 Å². The van der Waals surface area contributed by atoms with Gasteiger partial charge in [-0.05, 0) is 24.3 Å². The van der Waals surface area contributed by atoms with Gasteiger partial charge in [-0.3, -0.25) is 9.55 Å². The number of pyridine rings is 1. The summed E-state index contributed by atoms with van der Waals surface area (Å²) in [6, 6.07) is 7.30. The van der Waals surface area contributed by atoms with E-state index in [1.54, 1.807) is 0 Å². The molecule has 8 nitrogen and oxygen atoms in total. The predicted octanol–water partition coefficient (Wildman–Crippen LogP) is 1.64. The summed E-state index contributed by atoms with van der Waals surface area (Å²) in [6.07, 6.45) is -1.91. The lowest BCUT2D eigenvalue weighted by Crippen LogP contribution is -2.31. The van der Waals surface area contributed by atoms with E-state index in [1.165, 1.54) is 43.7 Å². The number of hydrogen-bond acceptors (Lipinski definition) is 5. The average molecular weight is 427 g/mol. The first-order chi connectivity index (χ1) is 13.6. The monoisotopic (exact) mass is 427 g/mol. The molecule has 0 radical (unpaired) electrons. The minimum absolute atomic E-state index is 0.0296. The van der Waals surface area contributed by atoms with E-state index in [2.05, 4.69) is 14.8 Å². The lowest BCUT2D eigenvalue weighted by molar-refractivity contribution is -0.137. The zero-order valence-electron chi connectivity index (χ0n) is 15.1. The van der Waals surface area contributed by atoms with E-state index in [4.69, 9.17) is 0 Å². The highest BCUT2D eigenvalue weighted by molar-refractivity contribution is 7.89. The van der Waals surface area contributed by atoms with Gasteiger partial charge in [0.05, 0.1) is 12.1 Å². The molecule has 0 fully saturated rings. The number of hydrogen-bond donors (Lipinski definition) is 1. The molecule has 0 spiro atoms. The van der Waals surface area contributed by atoms with Crippen molar-refractivity contribution >= 4 is 10.0 Å². The van der Waals surface area contributed by atoms with Gasteiger partial charge >= 0.3 is 11.9 Å². The molecule has 0 amide bonds. The maximum absolute atomic E-state index is 12.9. The molecule has 154 valence electrons. The normalized spacial score (nSPS) is 12.3. The first-order valence-electron chi connectivity index (χ1n) is 8.31. The quantitative estimate of drug-likeness (QED) is 0.645. The van der Waals surface area contributed by atoms with Crippen LogP contribution in [0.1, 0.15) is 5.56 Å². The highest BCUT2D eigenvalue weighted by atomic mass is 32.2. The Bertz CT molecular complexity index is 1170. The first kappa shape index (κ1) is 20.7. The molecule has 3 aromatic rings. The third-order valence-corrected chi connectivity index (χ3v) is 5.50. The molecule has 12 heteroatoms. The second-order valence-electron chi connectivity index (χ2n) is 6.05. The van der Waals surface area contributed by atoms with Crippen LogP contribution in [-0.2, 0) is 29.8 Å². The molecule has 0 aliphatic carbocycles. The van der Waals surface area contributed by atoms with Crippen LogP contribution in [0.25, 0.3) is 11.4 Å². The number of rotatable bonds is 6. The number of benzene rings is 1. The topological polar surface area (TPSA) is 98.9 Å². The number of nitrogens with zero attached hydrogens (tertiary/aromatic N) is 4. The van der Waals surface area contributed by atoms with Crippen molar-refractivity contribution < 1.29 is 21.6 Å². The second-order valence-corrected chi connectivity index (χ2v) is 7.82. The van der Waals surface area contributed by atoms with Crippen molar-refractivity contribution in [3.63, 3.8) is 0 Å². The maximum atomic E-state index is 12.9. The van der Waals surface area contributed by atoms with Crippen LogP contribution < -0.4 is 10.4 Å². The van der Waals surface area contributed by atoms with Crippen molar-refractivity contribution in [1.29, 1.82) is 0 Å². The van der Waals surface area contributed by atoms with E-state index in [1.807, 2.05) is 0 Å². The van der Waals surface area contributed by atoms with Crippen LogP contribution in [0.4, 0.5) is 13.2 Å². The van der Waals surface area contributed by atoms with Crippen molar-refractivity contribution in [3.05, 3.63) is 64.8 Å². The smallest absolute Gasteiger partial charge is 0.278 e. The molecule has 3 rings (SSSR count). The fourth-order valence-electron chi connectivity index (χ4n) is 2.59. The van der Waals surface area contributed by atoms with Crippen LogP contribution in [0.5, 0.6) is 0 Å². The largest absolute Gasteiger partial charge is 0.416 e. The van der Waals surface area contributed by atoms with Gasteiger partial charge in [-0.2, -0.15) is 13.2 Å². The van der Waals surface area contributed by atoms with Gasteiger partial charge in [-0.25, -0.2) is 22.6 Å². The molecule has 0 aliphatic heterocycles. The Morgan fingerprint density at radius 1 is 1.17 bits per heavy atom. The van der Waals surface area contributed by atoms with E-state index in [0.717, 1.165) is 21.4 Å². The SMILES string of the molecule is Cn1c(-c2cccc(C(F)(F)F)c2)nn(CCNS(=O)(=O)c2cccnc2)c1=O. The van der Waals surface area contributed by atoms with Gasteiger partial charge in [0.15, 0.2) is 5.82 Å². The molecule has 1 N–H and O–H groups in total. The summed E-state index contributed by atoms with van der Waals surface area (Å²) in [5, 5.41) is 4.05. The van der Waals surface area contributed by atoms with E-state index in [-0.39, 0.29) is 29.4 Å². The molecule has 0 saturated carbocycles. The van der Waals surface area contributed by atoms with Crippen LogP contribution in [-0.4, -0.2) is 34.3 Å². The molecule has 0 saturated heterocycles. The van der Waals surface area contributed by atoms with E-state index >= 15 is 0 Å². The molecule has 0 bridgehead atoms. The van der Waals surface area contributed by atoms with Crippen LogP contribution >= 0.6 is 0 Å². The molecule has 0 atom stereocenters. The van der Waals surface area contributed by atoms with Crippen LogP contribution in [0, 0.1) is 0 Å². The van der Waals surface area contributed by atoms with Gasteiger partial charge in [0.2, 0.25) is 10.0 Å². The van der Waals surface area contributed by atoms with Crippen molar-refractivity contribution in [2.75, 3.05) is 6.54 Å². The van der Waals surface area contributed by atoms with Gasteiger partial charge in [0.1, 0.15) is 4.90 Å². The molecule has 2 heterocycles. The van der Waals surface area contributed by atoms with Crippen molar-refractivity contribution in [2.24, 2.45) is 7.05 Å². The van der Waals surface area contributed by atoms with Crippen LogP contribution in [0.3, 0.4) is 0 Å².